The standard InChI is InChI=1S/C26H31N3O5/c27-17-31-23-7-3-20(4-8-23)25(30)34-24-5-1-18(2-6-24)9-10-26(11-12-32-26)33-16-19-13-21(28)15-22(29)14-19/h1-5,7,9-10,13-15,23-24H,6,8,11-12,16-17,27-29H2/b10-9+. The van der Waals surface area contributed by atoms with Crippen molar-refractivity contribution in [2.24, 2.45) is 5.73 Å². The normalized spacial score (nSPS) is 26.1. The van der Waals surface area contributed by atoms with Crippen LogP contribution in [0, 0.1) is 0 Å². The Bertz CT molecular complexity index is 1030. The maximum atomic E-state index is 12.4. The van der Waals surface area contributed by atoms with Crippen molar-refractivity contribution in [3.05, 3.63) is 83.5 Å². The molecule has 2 aliphatic carbocycles. The van der Waals surface area contributed by atoms with E-state index in [2.05, 4.69) is 0 Å². The fourth-order valence-electron chi connectivity index (χ4n) is 3.89. The summed E-state index contributed by atoms with van der Waals surface area (Å²) in [4.78, 5) is 12.4. The first kappa shape index (κ1) is 24.0. The van der Waals surface area contributed by atoms with Crippen LogP contribution in [0.2, 0.25) is 0 Å². The number of hydrogen-bond acceptors (Lipinski definition) is 8. The number of esters is 1. The number of carbonyl (C=O) groups is 1. The second kappa shape index (κ2) is 10.8. The van der Waals surface area contributed by atoms with Crippen LogP contribution in [0.5, 0.6) is 0 Å². The molecule has 1 aromatic carbocycles. The maximum Gasteiger partial charge on any atom is 0.338 e. The van der Waals surface area contributed by atoms with Gasteiger partial charge in [-0.2, -0.15) is 0 Å². The van der Waals surface area contributed by atoms with E-state index in [0.29, 0.717) is 43.0 Å². The van der Waals surface area contributed by atoms with Gasteiger partial charge < -0.3 is 36.1 Å². The zero-order chi connectivity index (χ0) is 24.0. The summed E-state index contributed by atoms with van der Waals surface area (Å²) in [6, 6.07) is 5.39. The number of nitrogens with two attached hydrogens (primary N) is 3. The van der Waals surface area contributed by atoms with Crippen LogP contribution in [0.15, 0.2) is 78.0 Å². The van der Waals surface area contributed by atoms with Gasteiger partial charge >= 0.3 is 5.97 Å². The van der Waals surface area contributed by atoms with E-state index in [4.69, 9.17) is 36.1 Å². The lowest BCUT2D eigenvalue weighted by Gasteiger charge is -2.39. The minimum absolute atomic E-state index is 0.0933. The second-order valence-corrected chi connectivity index (χ2v) is 8.41. The third-order valence-corrected chi connectivity index (χ3v) is 5.80. The summed E-state index contributed by atoms with van der Waals surface area (Å²) in [7, 11) is 0. The van der Waals surface area contributed by atoms with Crippen LogP contribution in [0.1, 0.15) is 24.8 Å². The highest BCUT2D eigenvalue weighted by atomic mass is 16.7. The molecule has 0 radical (unpaired) electrons. The van der Waals surface area contributed by atoms with Gasteiger partial charge in [-0.1, -0.05) is 30.4 Å². The molecule has 0 saturated carbocycles. The van der Waals surface area contributed by atoms with E-state index in [1.165, 1.54) is 0 Å². The van der Waals surface area contributed by atoms with Crippen molar-refractivity contribution in [1.29, 1.82) is 0 Å². The van der Waals surface area contributed by atoms with E-state index in [0.717, 1.165) is 17.6 Å². The fraction of sp³-hybridized carbons (Fsp3) is 0.346. The molecule has 8 heteroatoms. The first-order valence-electron chi connectivity index (χ1n) is 11.4. The molecule has 3 atom stereocenters. The molecule has 0 spiro atoms. The molecule has 3 aliphatic rings. The van der Waals surface area contributed by atoms with E-state index in [1.54, 1.807) is 12.1 Å². The molecule has 0 aromatic heterocycles. The van der Waals surface area contributed by atoms with Gasteiger partial charge in [0.15, 0.2) is 5.79 Å². The zero-order valence-corrected chi connectivity index (χ0v) is 19.0. The van der Waals surface area contributed by atoms with Crippen LogP contribution < -0.4 is 17.2 Å². The van der Waals surface area contributed by atoms with Crippen LogP contribution in [-0.2, 0) is 30.3 Å². The monoisotopic (exact) mass is 465 g/mol. The molecule has 1 saturated heterocycles. The van der Waals surface area contributed by atoms with Crippen molar-refractivity contribution in [2.45, 2.75) is 43.9 Å². The van der Waals surface area contributed by atoms with Gasteiger partial charge in [-0.3, -0.25) is 0 Å². The number of ether oxygens (including phenoxy) is 4. The number of carbonyl (C=O) groups excluding carboxylic acids is 1. The van der Waals surface area contributed by atoms with Crippen LogP contribution in [0.3, 0.4) is 0 Å². The van der Waals surface area contributed by atoms with E-state index in [1.807, 2.05) is 54.7 Å². The lowest BCUT2D eigenvalue weighted by Crippen LogP contribution is -2.44. The summed E-state index contributed by atoms with van der Waals surface area (Å²) in [5, 5.41) is 0. The minimum Gasteiger partial charge on any atom is -0.454 e. The topological polar surface area (TPSA) is 132 Å². The quantitative estimate of drug-likeness (QED) is 0.288. The summed E-state index contributed by atoms with van der Waals surface area (Å²) in [5.41, 5.74) is 20.7. The van der Waals surface area contributed by atoms with E-state index in [-0.39, 0.29) is 24.9 Å². The number of hydrogen-bond donors (Lipinski definition) is 3. The molecule has 4 rings (SSSR count). The number of rotatable bonds is 9. The Hall–Kier alpha value is -3.17. The third kappa shape index (κ3) is 6.24. The Morgan fingerprint density at radius 2 is 1.82 bits per heavy atom. The molecule has 0 bridgehead atoms. The zero-order valence-electron chi connectivity index (χ0n) is 19.0. The lowest BCUT2D eigenvalue weighted by molar-refractivity contribution is -0.281. The molecule has 1 heterocycles. The Morgan fingerprint density at radius 3 is 2.41 bits per heavy atom. The smallest absolute Gasteiger partial charge is 0.338 e. The van der Waals surface area contributed by atoms with Gasteiger partial charge in [-0.25, -0.2) is 4.79 Å². The Kier molecular flexibility index (Phi) is 7.64. The van der Waals surface area contributed by atoms with Crippen LogP contribution in [0.25, 0.3) is 0 Å². The predicted octanol–water partition coefficient (Wildman–Crippen LogP) is 3.03. The second-order valence-electron chi connectivity index (χ2n) is 8.41. The third-order valence-electron chi connectivity index (χ3n) is 5.80. The van der Waals surface area contributed by atoms with Gasteiger partial charge in [0.2, 0.25) is 0 Å². The van der Waals surface area contributed by atoms with Crippen LogP contribution in [0.4, 0.5) is 11.4 Å². The SMILES string of the molecule is NCOC1C=CC(C(=O)OC2C=CC(/C=C/C3(OCc4cc(N)cc(N)c4)CCO3)=CC2)=CC1. The number of allylic oxidation sites excluding steroid dienone is 3. The van der Waals surface area contributed by atoms with Crippen molar-refractivity contribution in [3.63, 3.8) is 0 Å². The molecule has 1 aliphatic heterocycles. The van der Waals surface area contributed by atoms with Gasteiger partial charge in [0.05, 0.1) is 31.6 Å². The molecular formula is C26H31N3O5. The van der Waals surface area contributed by atoms with Crippen molar-refractivity contribution in [2.75, 3.05) is 24.8 Å². The predicted molar refractivity (Wildman–Crippen MR) is 130 cm³/mol. The average molecular weight is 466 g/mol. The summed E-state index contributed by atoms with van der Waals surface area (Å²) in [6.45, 7) is 1.13. The molecule has 6 N–H and O–H groups in total. The Labute approximate surface area is 199 Å². The van der Waals surface area contributed by atoms with E-state index < -0.39 is 5.79 Å². The molecule has 1 fully saturated rings. The number of benzene rings is 1. The first-order valence-corrected chi connectivity index (χ1v) is 11.4. The van der Waals surface area contributed by atoms with Crippen molar-refractivity contribution in [3.8, 4) is 0 Å². The Balaban J connectivity index is 1.27. The van der Waals surface area contributed by atoms with Crippen LogP contribution >= 0.6 is 0 Å². The van der Waals surface area contributed by atoms with Gasteiger partial charge in [0, 0.05) is 24.2 Å². The Morgan fingerprint density at radius 1 is 1.09 bits per heavy atom. The highest BCUT2D eigenvalue weighted by Crippen LogP contribution is 2.32. The van der Waals surface area contributed by atoms with Crippen LogP contribution in [-0.4, -0.2) is 37.3 Å². The van der Waals surface area contributed by atoms with E-state index >= 15 is 0 Å². The highest BCUT2D eigenvalue weighted by Gasteiger charge is 2.37. The van der Waals surface area contributed by atoms with Gasteiger partial charge in [0.1, 0.15) is 6.10 Å². The minimum atomic E-state index is -0.761. The average Bonchev–Trinajstić information content (AvgIpc) is 2.79. The number of anilines is 2. The maximum absolute atomic E-state index is 12.4. The fourth-order valence-corrected chi connectivity index (χ4v) is 3.89. The van der Waals surface area contributed by atoms with Crippen molar-refractivity contribution >= 4 is 17.3 Å². The van der Waals surface area contributed by atoms with E-state index in [9.17, 15) is 4.79 Å². The molecule has 8 nitrogen and oxygen atoms in total. The molecule has 1 aromatic rings. The lowest BCUT2D eigenvalue weighted by atomic mass is 10.0. The summed E-state index contributed by atoms with van der Waals surface area (Å²) in [5.74, 6) is -1.11. The molecule has 3 unspecified atom stereocenters. The molecule has 180 valence electrons. The van der Waals surface area contributed by atoms with Gasteiger partial charge in [0.25, 0.3) is 0 Å². The highest BCUT2D eigenvalue weighted by molar-refractivity contribution is 5.92. The van der Waals surface area contributed by atoms with Crippen molar-refractivity contribution < 1.29 is 23.7 Å². The molecule has 34 heavy (non-hydrogen) atoms. The largest absolute Gasteiger partial charge is 0.454 e. The number of nitrogen functional groups attached to an aromatic ring is 2. The first-order chi connectivity index (χ1) is 16.4. The molecule has 0 amide bonds. The summed E-state index contributed by atoms with van der Waals surface area (Å²) < 4.78 is 22.7. The summed E-state index contributed by atoms with van der Waals surface area (Å²) in [6.07, 6.45) is 16.6. The summed E-state index contributed by atoms with van der Waals surface area (Å²) >= 11 is 0. The van der Waals surface area contributed by atoms with Gasteiger partial charge in [-0.15, -0.1) is 0 Å². The molecular weight excluding hydrogens is 434 g/mol. The van der Waals surface area contributed by atoms with Crippen molar-refractivity contribution in [1.82, 2.24) is 0 Å². The van der Waals surface area contributed by atoms with Gasteiger partial charge in [-0.05, 0) is 54.0 Å².